The first-order valence-electron chi connectivity index (χ1n) is 33.8. The number of rotatable bonds is 59. The summed E-state index contributed by atoms with van der Waals surface area (Å²) in [4.78, 5) is 24.7. The Labute approximate surface area is 462 Å². The molecule has 0 amide bonds. The minimum absolute atomic E-state index is 0.00296. The van der Waals surface area contributed by atoms with E-state index in [0.717, 1.165) is 19.3 Å². The lowest BCUT2D eigenvalue weighted by Gasteiger charge is -2.27. The van der Waals surface area contributed by atoms with Crippen LogP contribution in [0.3, 0.4) is 0 Å². The summed E-state index contributed by atoms with van der Waals surface area (Å²) in [5.74, 6) is -1.40. The maximum Gasteiger partial charge on any atom is 0.309 e. The van der Waals surface area contributed by atoms with Gasteiger partial charge in [-0.25, -0.2) is 0 Å². The molecule has 0 radical (unpaired) electrons. The van der Waals surface area contributed by atoms with Gasteiger partial charge in [-0.1, -0.05) is 347 Å². The number of carbonyl (C=O) groups excluding carboxylic acids is 2. The predicted molar refractivity (Wildman–Crippen MR) is 320 cm³/mol. The SMILES string of the molecule is CCCCCCCCCCCCCCCCCCCCCCCCCCCCCCCCCCCCCCCCC/C=C/CCCCCCCCCCCCCCCCC1CC(=O)OCC(CO)(CO)COC1=O. The monoisotopic (exact) mass is 1040 g/mol. The highest BCUT2D eigenvalue weighted by atomic mass is 16.6. The zero-order chi connectivity index (χ0) is 53.2. The van der Waals surface area contributed by atoms with Crippen molar-refractivity contribution >= 4 is 11.9 Å². The molecule has 0 spiro atoms. The van der Waals surface area contributed by atoms with E-state index in [9.17, 15) is 19.8 Å². The van der Waals surface area contributed by atoms with E-state index < -0.39 is 36.5 Å². The topological polar surface area (TPSA) is 93.1 Å². The van der Waals surface area contributed by atoms with Crippen LogP contribution in [0.15, 0.2) is 12.2 Å². The molecule has 1 aliphatic heterocycles. The second-order valence-corrected chi connectivity index (χ2v) is 24.2. The Hall–Kier alpha value is -1.40. The van der Waals surface area contributed by atoms with Gasteiger partial charge in [-0.3, -0.25) is 9.59 Å². The van der Waals surface area contributed by atoms with E-state index in [-0.39, 0.29) is 19.6 Å². The Morgan fingerprint density at radius 3 is 0.838 bits per heavy atom. The van der Waals surface area contributed by atoms with Gasteiger partial charge in [-0.15, -0.1) is 0 Å². The average molecular weight is 1040 g/mol. The van der Waals surface area contributed by atoms with Crippen molar-refractivity contribution in [1.29, 1.82) is 0 Å². The molecule has 0 bridgehead atoms. The van der Waals surface area contributed by atoms with Gasteiger partial charge in [0, 0.05) is 0 Å². The van der Waals surface area contributed by atoms with Gasteiger partial charge < -0.3 is 19.7 Å². The highest BCUT2D eigenvalue weighted by Gasteiger charge is 2.36. The molecule has 0 aromatic heterocycles. The van der Waals surface area contributed by atoms with Crippen LogP contribution in [0.25, 0.3) is 0 Å². The highest BCUT2D eigenvalue weighted by Crippen LogP contribution is 2.25. The van der Waals surface area contributed by atoms with Crippen LogP contribution in [0.1, 0.15) is 373 Å². The van der Waals surface area contributed by atoms with Crippen molar-refractivity contribution in [2.75, 3.05) is 26.4 Å². The lowest BCUT2D eigenvalue weighted by Crippen LogP contribution is -2.40. The molecule has 1 saturated heterocycles. The first kappa shape index (κ1) is 70.6. The molecule has 1 fully saturated rings. The largest absolute Gasteiger partial charge is 0.465 e. The maximum absolute atomic E-state index is 12.5. The summed E-state index contributed by atoms with van der Waals surface area (Å²) < 4.78 is 10.6. The molecule has 2 N–H and O–H groups in total. The van der Waals surface area contributed by atoms with E-state index in [1.807, 2.05) is 0 Å². The number of ether oxygens (including phenoxy) is 2. The van der Waals surface area contributed by atoms with E-state index in [0.29, 0.717) is 6.42 Å². The molecule has 6 heteroatoms. The minimum atomic E-state index is -1.12. The fourth-order valence-corrected chi connectivity index (χ4v) is 11.3. The van der Waals surface area contributed by atoms with Crippen LogP contribution in [0.4, 0.5) is 0 Å². The number of carbonyl (C=O) groups is 2. The summed E-state index contributed by atoms with van der Waals surface area (Å²) in [6.07, 6.45) is 83.2. The molecule has 6 nitrogen and oxygen atoms in total. The molecule has 0 aromatic carbocycles. The van der Waals surface area contributed by atoms with Crippen LogP contribution < -0.4 is 0 Å². The van der Waals surface area contributed by atoms with E-state index in [2.05, 4.69) is 19.1 Å². The molecular weight excluding hydrogens is 913 g/mol. The minimum Gasteiger partial charge on any atom is -0.465 e. The van der Waals surface area contributed by atoms with Crippen LogP contribution in [-0.2, 0) is 19.1 Å². The van der Waals surface area contributed by atoms with Crippen molar-refractivity contribution in [3.05, 3.63) is 12.2 Å². The van der Waals surface area contributed by atoms with E-state index >= 15 is 0 Å². The van der Waals surface area contributed by atoms with Crippen LogP contribution in [0, 0.1) is 11.3 Å². The molecule has 1 heterocycles. The predicted octanol–water partition coefficient (Wildman–Crippen LogP) is 21.5. The van der Waals surface area contributed by atoms with Crippen molar-refractivity contribution < 1.29 is 29.3 Å². The summed E-state index contributed by atoms with van der Waals surface area (Å²) in [5.41, 5.74) is -1.12. The standard InChI is InChI=1S/C68H130O6/c1-2-3-4-5-6-7-8-9-10-11-12-13-14-15-16-17-18-19-20-21-22-23-24-25-26-27-28-29-30-31-32-33-34-35-36-37-38-39-40-41-42-43-44-45-46-47-48-49-50-51-52-53-54-55-56-57-58-59-65-60-66(71)73-63-68(61-69,62-70)64-74-67(65)72/h42-43,65,69-70H,2-41,44-64H2,1H3/b43-42+. The second kappa shape index (κ2) is 57.8. The Balaban J connectivity index is 1.68. The average Bonchev–Trinajstić information content (AvgIpc) is 3.47. The number of allylic oxidation sites excluding steroid dienone is 2. The van der Waals surface area contributed by atoms with Crippen LogP contribution in [0.2, 0.25) is 0 Å². The molecule has 438 valence electrons. The van der Waals surface area contributed by atoms with E-state index in [1.165, 1.54) is 334 Å². The number of aliphatic hydroxyl groups is 2. The molecule has 1 atom stereocenters. The lowest BCUT2D eigenvalue weighted by molar-refractivity contribution is -0.155. The summed E-state index contributed by atoms with van der Waals surface area (Å²) in [6, 6.07) is 0. The van der Waals surface area contributed by atoms with Crippen molar-refractivity contribution in [3.8, 4) is 0 Å². The van der Waals surface area contributed by atoms with E-state index in [1.54, 1.807) is 0 Å². The van der Waals surface area contributed by atoms with Crippen molar-refractivity contribution in [2.45, 2.75) is 373 Å². The fourth-order valence-electron chi connectivity index (χ4n) is 11.3. The Bertz CT molecular complexity index is 1160. The van der Waals surface area contributed by atoms with Crippen LogP contribution in [0.5, 0.6) is 0 Å². The number of hydrogen-bond acceptors (Lipinski definition) is 6. The summed E-state index contributed by atoms with van der Waals surface area (Å²) >= 11 is 0. The fraction of sp³-hybridized carbons (Fsp3) is 0.941. The summed E-state index contributed by atoms with van der Waals surface area (Å²) in [5, 5.41) is 19.2. The molecule has 0 saturated carbocycles. The van der Waals surface area contributed by atoms with Gasteiger partial charge in [-0.2, -0.15) is 0 Å². The van der Waals surface area contributed by atoms with Gasteiger partial charge in [0.05, 0.1) is 31.0 Å². The van der Waals surface area contributed by atoms with Crippen molar-refractivity contribution in [2.24, 2.45) is 11.3 Å². The number of esters is 2. The summed E-state index contributed by atoms with van der Waals surface area (Å²) in [7, 11) is 0. The van der Waals surface area contributed by atoms with Gasteiger partial charge in [0.2, 0.25) is 0 Å². The molecular formula is C68H130O6. The number of cyclic esters (lactones) is 2. The molecule has 74 heavy (non-hydrogen) atoms. The Morgan fingerprint density at radius 1 is 0.351 bits per heavy atom. The first-order chi connectivity index (χ1) is 36.6. The molecule has 0 aliphatic carbocycles. The number of hydrogen-bond donors (Lipinski definition) is 2. The van der Waals surface area contributed by atoms with Gasteiger partial charge >= 0.3 is 11.9 Å². The maximum atomic E-state index is 12.5. The highest BCUT2D eigenvalue weighted by molar-refractivity contribution is 5.80. The number of unbranched alkanes of at least 4 members (excludes halogenated alkanes) is 53. The van der Waals surface area contributed by atoms with Crippen LogP contribution >= 0.6 is 0 Å². The van der Waals surface area contributed by atoms with E-state index in [4.69, 9.17) is 9.47 Å². The van der Waals surface area contributed by atoms with Gasteiger partial charge in [0.15, 0.2) is 0 Å². The molecule has 1 aliphatic rings. The third-order valence-electron chi connectivity index (χ3n) is 16.8. The number of aliphatic hydroxyl groups excluding tert-OH is 2. The summed E-state index contributed by atoms with van der Waals surface area (Å²) in [6.45, 7) is 1.21. The molecule has 1 unspecified atom stereocenters. The van der Waals surface area contributed by atoms with Gasteiger partial charge in [0.1, 0.15) is 13.2 Å². The van der Waals surface area contributed by atoms with Crippen LogP contribution in [-0.4, -0.2) is 48.6 Å². The first-order valence-corrected chi connectivity index (χ1v) is 33.8. The zero-order valence-corrected chi connectivity index (χ0v) is 49.9. The molecule has 0 aromatic rings. The Morgan fingerprint density at radius 2 is 0.581 bits per heavy atom. The van der Waals surface area contributed by atoms with Gasteiger partial charge in [0.25, 0.3) is 0 Å². The normalized spacial score (nSPS) is 15.1. The second-order valence-electron chi connectivity index (χ2n) is 24.2. The zero-order valence-electron chi connectivity index (χ0n) is 49.9. The third-order valence-corrected chi connectivity index (χ3v) is 16.8. The smallest absolute Gasteiger partial charge is 0.309 e. The Kier molecular flexibility index (Phi) is 55.1. The van der Waals surface area contributed by atoms with Gasteiger partial charge in [-0.05, 0) is 32.1 Å². The third kappa shape index (κ3) is 48.9. The van der Waals surface area contributed by atoms with Crippen molar-refractivity contribution in [3.63, 3.8) is 0 Å². The lowest BCUT2D eigenvalue weighted by atomic mass is 9.92. The quantitative estimate of drug-likeness (QED) is 0.0358. The molecule has 1 rings (SSSR count). The van der Waals surface area contributed by atoms with Crippen molar-refractivity contribution in [1.82, 2.24) is 0 Å².